The van der Waals surface area contributed by atoms with Crippen LogP contribution in [0.3, 0.4) is 0 Å². The molecule has 0 aromatic carbocycles. The van der Waals surface area contributed by atoms with Crippen LogP contribution in [0, 0.1) is 0 Å². The summed E-state index contributed by atoms with van der Waals surface area (Å²) in [4.78, 5) is 11.4. The van der Waals surface area contributed by atoms with Crippen LogP contribution in [-0.2, 0) is 4.74 Å². The van der Waals surface area contributed by atoms with E-state index in [1.54, 1.807) is 0 Å². The molecule has 1 saturated carbocycles. The lowest BCUT2D eigenvalue weighted by Crippen LogP contribution is -2.37. The molecule has 0 aromatic heterocycles. The van der Waals surface area contributed by atoms with Crippen molar-refractivity contribution < 1.29 is 9.53 Å². The van der Waals surface area contributed by atoms with Gasteiger partial charge in [0.25, 0.3) is 0 Å². The third kappa shape index (κ3) is 5.95. The van der Waals surface area contributed by atoms with Crippen LogP contribution in [0.2, 0.25) is 0 Å². The number of alkyl carbamates (subject to hydrolysis) is 1. The first-order valence-electron chi connectivity index (χ1n) is 6.47. The van der Waals surface area contributed by atoms with Crippen LogP contribution in [0.5, 0.6) is 0 Å². The Morgan fingerprint density at radius 3 is 2.69 bits per heavy atom. The highest BCUT2D eigenvalue weighted by molar-refractivity contribution is 5.67. The van der Waals surface area contributed by atoms with Crippen LogP contribution in [-0.4, -0.2) is 31.8 Å². The zero-order valence-corrected chi connectivity index (χ0v) is 10.3. The third-order valence-corrected chi connectivity index (χ3v) is 2.87. The van der Waals surface area contributed by atoms with Gasteiger partial charge < -0.3 is 15.4 Å². The molecule has 1 rings (SSSR count). The van der Waals surface area contributed by atoms with Gasteiger partial charge >= 0.3 is 6.09 Å². The molecule has 0 radical (unpaired) electrons. The SMILES string of the molecule is CCCNCCOC(=O)NC1CCCCC1. The second kappa shape index (κ2) is 8.39. The topological polar surface area (TPSA) is 50.4 Å². The molecule has 2 N–H and O–H groups in total. The van der Waals surface area contributed by atoms with E-state index >= 15 is 0 Å². The molecule has 4 heteroatoms. The number of rotatable bonds is 6. The van der Waals surface area contributed by atoms with E-state index in [2.05, 4.69) is 17.6 Å². The number of ether oxygens (including phenoxy) is 1. The van der Waals surface area contributed by atoms with Gasteiger partial charge in [0.2, 0.25) is 0 Å². The van der Waals surface area contributed by atoms with Gasteiger partial charge in [0, 0.05) is 12.6 Å². The molecule has 1 fully saturated rings. The van der Waals surface area contributed by atoms with Crippen molar-refractivity contribution in [3.05, 3.63) is 0 Å². The van der Waals surface area contributed by atoms with E-state index in [1.807, 2.05) is 0 Å². The summed E-state index contributed by atoms with van der Waals surface area (Å²) in [7, 11) is 0. The van der Waals surface area contributed by atoms with Gasteiger partial charge in [-0.25, -0.2) is 4.79 Å². The highest BCUT2D eigenvalue weighted by Gasteiger charge is 2.15. The molecule has 0 unspecified atom stereocenters. The summed E-state index contributed by atoms with van der Waals surface area (Å²) in [6.45, 7) is 4.29. The van der Waals surface area contributed by atoms with Gasteiger partial charge in [-0.15, -0.1) is 0 Å². The van der Waals surface area contributed by atoms with E-state index in [9.17, 15) is 4.79 Å². The Morgan fingerprint density at radius 2 is 2.00 bits per heavy atom. The number of amides is 1. The Kier molecular flexibility index (Phi) is 6.97. The van der Waals surface area contributed by atoms with E-state index < -0.39 is 0 Å². The van der Waals surface area contributed by atoms with Crippen molar-refractivity contribution in [3.8, 4) is 0 Å². The van der Waals surface area contributed by atoms with E-state index in [1.165, 1.54) is 19.3 Å². The van der Waals surface area contributed by atoms with Crippen molar-refractivity contribution in [3.63, 3.8) is 0 Å². The van der Waals surface area contributed by atoms with Crippen molar-refractivity contribution in [1.29, 1.82) is 0 Å². The van der Waals surface area contributed by atoms with Crippen LogP contribution in [0.25, 0.3) is 0 Å². The Hall–Kier alpha value is -0.770. The molecule has 0 atom stereocenters. The zero-order chi connectivity index (χ0) is 11.6. The molecule has 0 bridgehead atoms. The minimum absolute atomic E-state index is 0.259. The maximum Gasteiger partial charge on any atom is 0.407 e. The summed E-state index contributed by atoms with van der Waals surface area (Å²) in [6, 6.07) is 0.338. The Balaban J connectivity index is 1.97. The summed E-state index contributed by atoms with van der Waals surface area (Å²) < 4.78 is 5.08. The monoisotopic (exact) mass is 228 g/mol. The van der Waals surface area contributed by atoms with E-state index in [4.69, 9.17) is 4.74 Å². The summed E-state index contributed by atoms with van der Waals surface area (Å²) in [5.41, 5.74) is 0. The standard InChI is InChI=1S/C12H24N2O2/c1-2-8-13-9-10-16-12(15)14-11-6-4-3-5-7-11/h11,13H,2-10H2,1H3,(H,14,15). The highest BCUT2D eigenvalue weighted by atomic mass is 16.5. The van der Waals surface area contributed by atoms with Gasteiger partial charge in [-0.1, -0.05) is 26.2 Å². The molecule has 0 heterocycles. The van der Waals surface area contributed by atoms with Gasteiger partial charge in [-0.2, -0.15) is 0 Å². The van der Waals surface area contributed by atoms with Gasteiger partial charge in [-0.3, -0.25) is 0 Å². The fourth-order valence-corrected chi connectivity index (χ4v) is 1.97. The molecule has 4 nitrogen and oxygen atoms in total. The zero-order valence-electron chi connectivity index (χ0n) is 10.3. The Morgan fingerprint density at radius 1 is 1.25 bits per heavy atom. The molecular weight excluding hydrogens is 204 g/mol. The normalized spacial score (nSPS) is 17.1. The Bertz CT molecular complexity index is 191. The lowest BCUT2D eigenvalue weighted by Gasteiger charge is -2.22. The Labute approximate surface area is 98.1 Å². The minimum atomic E-state index is -0.259. The fraction of sp³-hybridized carbons (Fsp3) is 0.917. The van der Waals surface area contributed by atoms with E-state index in [0.717, 1.165) is 32.4 Å². The van der Waals surface area contributed by atoms with Gasteiger partial charge in [0.15, 0.2) is 0 Å². The first-order valence-corrected chi connectivity index (χ1v) is 6.47. The molecule has 0 saturated heterocycles. The molecule has 0 aromatic rings. The van der Waals surface area contributed by atoms with E-state index in [-0.39, 0.29) is 6.09 Å². The summed E-state index contributed by atoms with van der Waals surface area (Å²) >= 11 is 0. The van der Waals surface area contributed by atoms with Crippen LogP contribution in [0.15, 0.2) is 0 Å². The molecular formula is C12H24N2O2. The first-order chi connectivity index (χ1) is 7.83. The molecule has 1 aliphatic carbocycles. The predicted octanol–water partition coefficient (Wildman–Crippen LogP) is 2.04. The van der Waals surface area contributed by atoms with Crippen molar-refractivity contribution >= 4 is 6.09 Å². The van der Waals surface area contributed by atoms with Crippen LogP contribution in [0.4, 0.5) is 4.79 Å². The average molecular weight is 228 g/mol. The average Bonchev–Trinajstić information content (AvgIpc) is 2.30. The number of carbonyl (C=O) groups excluding carboxylic acids is 1. The van der Waals surface area contributed by atoms with Crippen molar-refractivity contribution in [2.24, 2.45) is 0 Å². The maximum absolute atomic E-state index is 11.4. The molecule has 1 aliphatic rings. The number of nitrogens with one attached hydrogen (secondary N) is 2. The van der Waals surface area contributed by atoms with E-state index in [0.29, 0.717) is 12.6 Å². The number of carbonyl (C=O) groups is 1. The van der Waals surface area contributed by atoms with Crippen molar-refractivity contribution in [1.82, 2.24) is 10.6 Å². The molecule has 94 valence electrons. The molecule has 1 amide bonds. The predicted molar refractivity (Wildman–Crippen MR) is 64.5 cm³/mol. The first kappa shape index (κ1) is 13.3. The minimum Gasteiger partial charge on any atom is -0.448 e. The lowest BCUT2D eigenvalue weighted by molar-refractivity contribution is 0.140. The smallest absolute Gasteiger partial charge is 0.407 e. The highest BCUT2D eigenvalue weighted by Crippen LogP contribution is 2.17. The van der Waals surface area contributed by atoms with Crippen molar-refractivity contribution in [2.45, 2.75) is 51.5 Å². The maximum atomic E-state index is 11.4. The summed E-state index contributed by atoms with van der Waals surface area (Å²) in [5.74, 6) is 0. The fourth-order valence-electron chi connectivity index (χ4n) is 1.97. The summed E-state index contributed by atoms with van der Waals surface area (Å²) in [5, 5.41) is 6.11. The molecule has 0 spiro atoms. The van der Waals surface area contributed by atoms with Gasteiger partial charge in [0.05, 0.1) is 0 Å². The third-order valence-electron chi connectivity index (χ3n) is 2.87. The second-order valence-electron chi connectivity index (χ2n) is 4.37. The molecule has 0 aliphatic heterocycles. The summed E-state index contributed by atoms with van der Waals surface area (Å²) in [6.07, 6.45) is 6.80. The van der Waals surface area contributed by atoms with Gasteiger partial charge in [0.1, 0.15) is 6.61 Å². The molecule has 16 heavy (non-hydrogen) atoms. The quantitative estimate of drug-likeness (QED) is 0.684. The lowest BCUT2D eigenvalue weighted by atomic mass is 9.96. The second-order valence-corrected chi connectivity index (χ2v) is 4.37. The number of hydrogen-bond acceptors (Lipinski definition) is 3. The van der Waals surface area contributed by atoms with Crippen LogP contribution >= 0.6 is 0 Å². The number of hydrogen-bond donors (Lipinski definition) is 2. The van der Waals surface area contributed by atoms with Crippen LogP contribution in [0.1, 0.15) is 45.4 Å². The largest absolute Gasteiger partial charge is 0.448 e. The van der Waals surface area contributed by atoms with Crippen LogP contribution < -0.4 is 10.6 Å². The van der Waals surface area contributed by atoms with Gasteiger partial charge in [-0.05, 0) is 25.8 Å². The van der Waals surface area contributed by atoms with Crippen molar-refractivity contribution in [2.75, 3.05) is 19.7 Å².